The van der Waals surface area contributed by atoms with Crippen molar-refractivity contribution >= 4 is 23.3 Å². The maximum absolute atomic E-state index is 12.4. The van der Waals surface area contributed by atoms with Gasteiger partial charge in [0.1, 0.15) is 5.60 Å². The molecule has 0 aliphatic carbocycles. The summed E-state index contributed by atoms with van der Waals surface area (Å²) in [6, 6.07) is 1.82. The predicted octanol–water partition coefficient (Wildman–Crippen LogP) is 3.45. The van der Waals surface area contributed by atoms with E-state index < -0.39 is 5.60 Å². The molecule has 128 valence electrons. The number of amides is 2. The van der Waals surface area contributed by atoms with E-state index in [0.717, 1.165) is 17.7 Å². The van der Waals surface area contributed by atoms with Gasteiger partial charge in [-0.15, -0.1) is 11.3 Å². The number of hydroxylamine groups is 2. The first kappa shape index (κ1) is 17.7. The molecule has 1 saturated heterocycles. The van der Waals surface area contributed by atoms with Crippen LogP contribution in [0.4, 0.5) is 4.79 Å². The van der Waals surface area contributed by atoms with Gasteiger partial charge in [0, 0.05) is 23.8 Å². The van der Waals surface area contributed by atoms with E-state index in [9.17, 15) is 9.59 Å². The Morgan fingerprint density at radius 2 is 2.09 bits per heavy atom. The van der Waals surface area contributed by atoms with Crippen LogP contribution in [-0.4, -0.2) is 48.3 Å². The highest BCUT2D eigenvalue weighted by atomic mass is 32.1. The molecule has 0 radical (unpaired) electrons. The average molecular weight is 340 g/mol. The highest BCUT2D eigenvalue weighted by Gasteiger charge is 2.34. The van der Waals surface area contributed by atoms with Crippen molar-refractivity contribution in [2.24, 2.45) is 0 Å². The summed E-state index contributed by atoms with van der Waals surface area (Å²) in [7, 11) is 3.02. The first-order valence-corrected chi connectivity index (χ1v) is 8.51. The minimum absolute atomic E-state index is 0.0238. The molecule has 2 heterocycles. The number of carbonyl (C=O) groups excluding carboxylic acids is 2. The van der Waals surface area contributed by atoms with E-state index in [0.29, 0.717) is 12.1 Å². The van der Waals surface area contributed by atoms with E-state index in [1.54, 1.807) is 17.3 Å². The molecule has 2 amide bonds. The van der Waals surface area contributed by atoms with Crippen LogP contribution in [0, 0.1) is 0 Å². The van der Waals surface area contributed by atoms with Crippen LogP contribution in [0.15, 0.2) is 11.4 Å². The zero-order chi connectivity index (χ0) is 17.2. The second-order valence-corrected chi connectivity index (χ2v) is 7.50. The first-order chi connectivity index (χ1) is 10.7. The Morgan fingerprint density at radius 3 is 2.70 bits per heavy atom. The van der Waals surface area contributed by atoms with Gasteiger partial charge in [-0.1, -0.05) is 0 Å². The molecule has 0 bridgehead atoms. The summed E-state index contributed by atoms with van der Waals surface area (Å²) in [6.45, 7) is 6.26. The molecule has 7 heteroatoms. The quantitative estimate of drug-likeness (QED) is 0.791. The van der Waals surface area contributed by atoms with Crippen LogP contribution in [0.25, 0.3) is 0 Å². The molecule has 0 saturated carbocycles. The largest absolute Gasteiger partial charge is 0.444 e. The Bertz CT molecular complexity index is 579. The van der Waals surface area contributed by atoms with Gasteiger partial charge in [-0.2, -0.15) is 0 Å². The van der Waals surface area contributed by atoms with Gasteiger partial charge < -0.3 is 9.64 Å². The lowest BCUT2D eigenvalue weighted by molar-refractivity contribution is -0.0756. The fourth-order valence-electron chi connectivity index (χ4n) is 2.51. The van der Waals surface area contributed by atoms with Gasteiger partial charge in [0.05, 0.1) is 18.7 Å². The molecular weight excluding hydrogens is 316 g/mol. The SMILES string of the molecule is CON(C)C(=O)c1csc([C@@H]2CCCN2C(=O)OC(C)(C)C)c1. The summed E-state index contributed by atoms with van der Waals surface area (Å²) in [4.78, 5) is 32.1. The van der Waals surface area contributed by atoms with Crippen molar-refractivity contribution in [3.8, 4) is 0 Å². The number of hydrogen-bond acceptors (Lipinski definition) is 5. The number of carbonyl (C=O) groups is 2. The highest BCUT2D eigenvalue weighted by Crippen LogP contribution is 2.36. The van der Waals surface area contributed by atoms with Gasteiger partial charge in [-0.3, -0.25) is 9.63 Å². The number of ether oxygens (including phenoxy) is 1. The molecule has 0 N–H and O–H groups in total. The number of thiophene rings is 1. The summed E-state index contributed by atoms with van der Waals surface area (Å²) >= 11 is 1.49. The Balaban J connectivity index is 2.13. The highest BCUT2D eigenvalue weighted by molar-refractivity contribution is 7.10. The smallest absolute Gasteiger partial charge is 0.410 e. The lowest BCUT2D eigenvalue weighted by Crippen LogP contribution is -2.36. The fourth-order valence-corrected chi connectivity index (χ4v) is 3.54. The zero-order valence-electron chi connectivity index (χ0n) is 14.3. The third-order valence-corrected chi connectivity index (χ3v) is 4.67. The molecule has 0 unspecified atom stereocenters. The number of hydrogen-bond donors (Lipinski definition) is 0. The van der Waals surface area contributed by atoms with Crippen molar-refractivity contribution in [1.29, 1.82) is 0 Å². The second-order valence-electron chi connectivity index (χ2n) is 6.55. The summed E-state index contributed by atoms with van der Waals surface area (Å²) in [5.41, 5.74) is 0.0625. The molecular formula is C16H24N2O4S. The number of nitrogens with zero attached hydrogens (tertiary/aromatic N) is 2. The van der Waals surface area contributed by atoms with Gasteiger partial charge in [-0.05, 0) is 39.7 Å². The Kier molecular flexibility index (Phi) is 5.31. The average Bonchev–Trinajstić information content (AvgIpc) is 3.11. The van der Waals surface area contributed by atoms with Crippen LogP contribution in [0.2, 0.25) is 0 Å². The van der Waals surface area contributed by atoms with Crippen LogP contribution in [0.1, 0.15) is 54.9 Å². The standard InChI is InChI=1S/C16H24N2O4S/c1-16(2,3)22-15(20)18-8-6-7-12(18)13-9-11(10-23-13)14(19)17(4)21-5/h9-10,12H,6-8H2,1-5H3/t12-/m0/s1. The van der Waals surface area contributed by atoms with E-state index in [2.05, 4.69) is 0 Å². The molecule has 0 spiro atoms. The van der Waals surface area contributed by atoms with Crippen LogP contribution >= 0.6 is 11.3 Å². The van der Waals surface area contributed by atoms with Crippen molar-refractivity contribution in [3.05, 3.63) is 21.9 Å². The number of likely N-dealkylation sites (tertiary alicyclic amines) is 1. The topological polar surface area (TPSA) is 59.1 Å². The summed E-state index contributed by atoms with van der Waals surface area (Å²) < 4.78 is 5.48. The van der Waals surface area contributed by atoms with Crippen molar-refractivity contribution in [2.45, 2.75) is 45.3 Å². The van der Waals surface area contributed by atoms with Crippen LogP contribution in [0.5, 0.6) is 0 Å². The van der Waals surface area contributed by atoms with E-state index in [1.807, 2.05) is 26.8 Å². The molecule has 0 aromatic carbocycles. The maximum atomic E-state index is 12.4. The Morgan fingerprint density at radius 1 is 1.39 bits per heavy atom. The Hall–Kier alpha value is -1.60. The van der Waals surface area contributed by atoms with Gasteiger partial charge in [0.2, 0.25) is 0 Å². The fraction of sp³-hybridized carbons (Fsp3) is 0.625. The second kappa shape index (κ2) is 6.88. The molecule has 1 aliphatic heterocycles. The third-order valence-electron chi connectivity index (χ3n) is 3.64. The zero-order valence-corrected chi connectivity index (χ0v) is 15.1. The van der Waals surface area contributed by atoms with E-state index in [4.69, 9.17) is 9.57 Å². The molecule has 1 atom stereocenters. The summed E-state index contributed by atoms with van der Waals surface area (Å²) in [5.74, 6) is -0.197. The van der Waals surface area contributed by atoms with Crippen LogP contribution in [0.3, 0.4) is 0 Å². The lowest BCUT2D eigenvalue weighted by Gasteiger charge is -2.28. The lowest BCUT2D eigenvalue weighted by atomic mass is 10.1. The normalized spacial score (nSPS) is 18.1. The number of rotatable bonds is 3. The minimum Gasteiger partial charge on any atom is -0.444 e. The van der Waals surface area contributed by atoms with Crippen molar-refractivity contribution in [3.63, 3.8) is 0 Å². The molecule has 1 aromatic rings. The molecule has 1 aliphatic rings. The Labute approximate surface area is 140 Å². The van der Waals surface area contributed by atoms with Crippen molar-refractivity contribution < 1.29 is 19.2 Å². The van der Waals surface area contributed by atoms with Gasteiger partial charge >= 0.3 is 6.09 Å². The molecule has 1 fully saturated rings. The van der Waals surface area contributed by atoms with E-state index in [-0.39, 0.29) is 18.0 Å². The molecule has 6 nitrogen and oxygen atoms in total. The van der Waals surface area contributed by atoms with Gasteiger partial charge in [0.15, 0.2) is 0 Å². The molecule has 23 heavy (non-hydrogen) atoms. The van der Waals surface area contributed by atoms with Gasteiger partial charge in [-0.25, -0.2) is 9.86 Å². The summed E-state index contributed by atoms with van der Waals surface area (Å²) in [6.07, 6.45) is 1.52. The first-order valence-electron chi connectivity index (χ1n) is 7.63. The minimum atomic E-state index is -0.512. The third kappa shape index (κ3) is 4.23. The molecule has 1 aromatic heterocycles. The predicted molar refractivity (Wildman–Crippen MR) is 88.3 cm³/mol. The summed E-state index contributed by atoms with van der Waals surface area (Å²) in [5, 5.41) is 2.99. The molecule has 2 rings (SSSR count). The monoisotopic (exact) mass is 340 g/mol. The maximum Gasteiger partial charge on any atom is 0.410 e. The van der Waals surface area contributed by atoms with Crippen LogP contribution < -0.4 is 0 Å². The van der Waals surface area contributed by atoms with E-state index in [1.165, 1.54) is 23.5 Å². The van der Waals surface area contributed by atoms with Crippen molar-refractivity contribution in [1.82, 2.24) is 9.96 Å². The van der Waals surface area contributed by atoms with E-state index >= 15 is 0 Å². The van der Waals surface area contributed by atoms with Gasteiger partial charge in [0.25, 0.3) is 5.91 Å². The van der Waals surface area contributed by atoms with Crippen LogP contribution in [-0.2, 0) is 9.57 Å². The van der Waals surface area contributed by atoms with Crippen molar-refractivity contribution in [2.75, 3.05) is 20.7 Å².